The molecule has 17 rings (SSSR count). The fourth-order valence-electron chi connectivity index (χ4n) is 12.9. The van der Waals surface area contributed by atoms with Gasteiger partial charge in [0.1, 0.15) is 91.6 Å². The molecule has 0 unspecified atom stereocenters. The largest absolute Gasteiger partial charge is 0.507 e. The number of aromatic nitrogens is 8. The van der Waals surface area contributed by atoms with E-state index in [9.17, 15) is 39.6 Å². The molecule has 0 spiro atoms. The Balaban J connectivity index is 0.862. The number of nitrogens with zero attached hydrogens (tertiary/aromatic N) is 10. The Morgan fingerprint density at radius 1 is 0.276 bits per heavy atom. The van der Waals surface area contributed by atoms with E-state index in [2.05, 4.69) is 52.1 Å². The molecule has 28 heteroatoms. The molecule has 0 fully saturated rings. The van der Waals surface area contributed by atoms with Crippen LogP contribution in [-0.4, -0.2) is 109 Å². The number of hydrazone groups is 4. The number of ether oxygens (including phenoxy) is 4. The molecule has 15 aromatic rings. The van der Waals surface area contributed by atoms with E-state index in [1.54, 1.807) is 194 Å². The second kappa shape index (κ2) is 31.5. The number of phenols is 4. The Labute approximate surface area is 655 Å². The lowest BCUT2D eigenvalue weighted by Gasteiger charge is -2.12. The van der Waals surface area contributed by atoms with Crippen LogP contribution < -0.4 is 40.7 Å². The van der Waals surface area contributed by atoms with Crippen LogP contribution in [0.25, 0.3) is 89.7 Å². The molecule has 3 aromatic heterocycles. The van der Waals surface area contributed by atoms with Gasteiger partial charge in [-0.05, 0) is 121 Å². The third-order valence-electron chi connectivity index (χ3n) is 18.4. The zero-order chi connectivity index (χ0) is 79.2. The highest BCUT2D eigenvalue weighted by molar-refractivity contribution is 6.11. The Bertz CT molecular complexity index is 6820. The van der Waals surface area contributed by atoms with E-state index in [1.165, 1.54) is 73.4 Å². The van der Waals surface area contributed by atoms with E-state index >= 15 is 0 Å². The monoisotopic (exact) mass is 1530 g/mol. The van der Waals surface area contributed by atoms with Gasteiger partial charge < -0.3 is 49.3 Å². The van der Waals surface area contributed by atoms with Gasteiger partial charge in [-0.3, -0.25) is 19.2 Å². The molecule has 0 saturated carbocycles. The van der Waals surface area contributed by atoms with Gasteiger partial charge in [0, 0.05) is 44.2 Å². The first kappa shape index (κ1) is 71.9. The van der Waals surface area contributed by atoms with Gasteiger partial charge in [0.25, 0.3) is 23.6 Å². The van der Waals surface area contributed by atoms with Crippen LogP contribution in [0.15, 0.2) is 287 Å². The lowest BCUT2D eigenvalue weighted by molar-refractivity contribution is 0.0944. The number of nitrogens with one attached hydrogen (secondary N) is 6. The van der Waals surface area contributed by atoms with Gasteiger partial charge in [0.15, 0.2) is 23.3 Å². The second-order valence-electron chi connectivity index (χ2n) is 25.7. The number of hydrogen-bond donors (Lipinski definition) is 10. The van der Waals surface area contributed by atoms with E-state index in [4.69, 9.17) is 48.9 Å². The third kappa shape index (κ3) is 14.6. The van der Waals surface area contributed by atoms with Crippen LogP contribution in [0.3, 0.4) is 0 Å². The molecule has 0 aliphatic carbocycles. The van der Waals surface area contributed by atoms with Crippen molar-refractivity contribution in [2.45, 2.75) is 0 Å². The van der Waals surface area contributed by atoms with Crippen LogP contribution in [0, 0.1) is 0 Å². The maximum Gasteiger partial charge on any atom is 0.275 e. The molecule has 28 nitrogen and oxygen atoms in total. The summed E-state index contributed by atoms with van der Waals surface area (Å²) in [7, 11) is 0. The van der Waals surface area contributed by atoms with E-state index in [-0.39, 0.29) is 114 Å². The lowest BCUT2D eigenvalue weighted by Crippen LogP contribution is -2.17. The molecule has 5 heterocycles. The van der Waals surface area contributed by atoms with Gasteiger partial charge in [-0.1, -0.05) is 146 Å². The average Bonchev–Trinajstić information content (AvgIpc) is 1.57. The van der Waals surface area contributed by atoms with Crippen LogP contribution in [0.4, 0.5) is 0 Å². The molecule has 12 aromatic carbocycles. The van der Waals surface area contributed by atoms with Crippen molar-refractivity contribution in [3.8, 4) is 115 Å². The van der Waals surface area contributed by atoms with Crippen molar-refractivity contribution in [1.29, 1.82) is 0 Å². The normalized spacial score (nSPS) is 11.6. The number of carbonyl (C=O) groups is 4. The van der Waals surface area contributed by atoms with E-state index in [0.29, 0.717) is 89.1 Å². The Kier molecular flexibility index (Phi) is 19.5. The number of H-pyrrole nitrogens is 2. The van der Waals surface area contributed by atoms with E-state index < -0.39 is 23.6 Å². The summed E-state index contributed by atoms with van der Waals surface area (Å²) < 4.78 is 27.7. The third-order valence-corrected chi connectivity index (χ3v) is 18.4. The molecule has 2 aliphatic heterocycles. The minimum absolute atomic E-state index is 0.0162. The SMILES string of the molecule is O=C(N/N=C\c1ccccc1Oc1cccc2c1-c1nc-2nc2[nH]c(nc3nc(nc4[nH]c(n1)c1c(Oc5ccccc5/C=N/NC(=O)c5ccccc5O)cccc41)-c1cccc(Oc4ccccc4/C=N/NC(=O)c4ccccc4O)c1-3)c1cccc(Oc3ccccc3/C=N/NC(=O)c3ccccc3O)c21)c1ccccc1O. The summed E-state index contributed by atoms with van der Waals surface area (Å²) in [6.07, 6.45) is 5.65. The number of amides is 4. The van der Waals surface area contributed by atoms with Crippen LogP contribution in [0.5, 0.6) is 69.0 Å². The first-order chi connectivity index (χ1) is 56.8. The van der Waals surface area contributed by atoms with Gasteiger partial charge in [-0.2, -0.15) is 20.4 Å². The molecule has 0 saturated heterocycles. The van der Waals surface area contributed by atoms with Crippen molar-refractivity contribution in [2.24, 2.45) is 20.4 Å². The molecule has 0 atom stereocenters. The summed E-state index contributed by atoms with van der Waals surface area (Å²) in [6.45, 7) is 0. The van der Waals surface area contributed by atoms with Crippen LogP contribution in [0.1, 0.15) is 63.7 Å². The maximum absolute atomic E-state index is 13.2. The summed E-state index contributed by atoms with van der Waals surface area (Å²) in [5.74, 6) is -0.692. The zero-order valence-corrected chi connectivity index (χ0v) is 60.2. The van der Waals surface area contributed by atoms with Gasteiger partial charge in [-0.25, -0.2) is 51.6 Å². The van der Waals surface area contributed by atoms with Crippen LogP contribution in [-0.2, 0) is 0 Å². The minimum atomic E-state index is -0.651. The average molecular weight is 1530 g/mol. The van der Waals surface area contributed by atoms with Gasteiger partial charge in [0.2, 0.25) is 0 Å². The first-order valence-electron chi connectivity index (χ1n) is 35.7. The van der Waals surface area contributed by atoms with Crippen molar-refractivity contribution in [3.05, 3.63) is 311 Å². The summed E-state index contributed by atoms with van der Waals surface area (Å²) in [4.78, 5) is 92.2. The fourth-order valence-corrected chi connectivity index (χ4v) is 12.9. The van der Waals surface area contributed by atoms with Gasteiger partial charge in [0.05, 0.1) is 69.0 Å². The van der Waals surface area contributed by atoms with E-state index in [1.807, 2.05) is 24.3 Å². The summed E-state index contributed by atoms with van der Waals surface area (Å²) >= 11 is 0. The second-order valence-corrected chi connectivity index (χ2v) is 25.7. The molecule has 0 radical (unpaired) electrons. The summed E-state index contributed by atoms with van der Waals surface area (Å²) in [6, 6.07) is 73.9. The number of para-hydroxylation sites is 8. The highest BCUT2D eigenvalue weighted by Gasteiger charge is 2.30. The predicted octanol–water partition coefficient (Wildman–Crippen LogP) is 15.9. The Hall–Kier alpha value is -17.0. The van der Waals surface area contributed by atoms with Gasteiger partial charge >= 0.3 is 0 Å². The standard InChI is InChI=1S/C88H58N16O12/c105-61-33-9-5-25-53(61)85(109)101-89-45-49-21-1-13-37-65(49)113-69-41-17-29-57-73(69)81-94-77(57)93-78-58-30-18-43-71(115-67-39-15-3-23-51(67)47-91-103-87(111)55-27-7-11-35-63(55)107)75(58)83(95-78)100-84-76-60(32-20-44-72(76)116-68-40-16-4-24-52(68)48-92-104-88(112)56-28-8-12-36-64(56)108)80(99-84)98-82-74-59(79(96-81)97-82)31-19-42-70(74)114-66-38-14-2-22-50(66)46-90-102-86(110)54-26-6-10-34-62(54)106/h1-48,105-108H,(H,101,109)(H,102,110)(H,103,111)(H,104,112)(H2,93,94,95,96,97,98,99,100)/b89-45+,90-46+,91-47+,92-48-. The molecule has 562 valence electrons. The fraction of sp³-hybridized carbons (Fsp3) is 0. The topological polar surface area (TPSA) is 393 Å². The highest BCUT2D eigenvalue weighted by atomic mass is 16.5. The maximum atomic E-state index is 13.2. The van der Waals surface area contributed by atoms with Crippen molar-refractivity contribution in [3.63, 3.8) is 0 Å². The Morgan fingerprint density at radius 3 is 0.871 bits per heavy atom. The van der Waals surface area contributed by atoms with Crippen molar-refractivity contribution in [1.82, 2.24) is 61.6 Å². The molecular weight excluding hydrogens is 1470 g/mol. The number of fused-ring (bicyclic) bond motifs is 20. The molecule has 2 aliphatic rings. The first-order valence-corrected chi connectivity index (χ1v) is 35.7. The van der Waals surface area contributed by atoms with E-state index in [0.717, 1.165) is 0 Å². The van der Waals surface area contributed by atoms with Crippen molar-refractivity contribution < 1.29 is 58.6 Å². The molecular formula is C88H58N16O12. The van der Waals surface area contributed by atoms with Crippen LogP contribution in [0.2, 0.25) is 0 Å². The number of hydrogen-bond acceptors (Lipinski definition) is 22. The molecule has 8 bridgehead atoms. The summed E-state index contributed by atoms with van der Waals surface area (Å²) in [5.41, 5.74) is 14.3. The smallest absolute Gasteiger partial charge is 0.275 e. The molecule has 116 heavy (non-hydrogen) atoms. The number of phenolic OH excluding ortho intramolecular Hbond substituents is 4. The lowest BCUT2D eigenvalue weighted by atomic mass is 10.1. The molecule has 10 N–H and O–H groups in total. The Morgan fingerprint density at radius 2 is 0.534 bits per heavy atom. The number of aromatic amines is 2. The number of carbonyl (C=O) groups excluding carboxylic acids is 4. The highest BCUT2D eigenvalue weighted by Crippen LogP contribution is 2.47. The zero-order valence-electron chi connectivity index (χ0n) is 60.2. The quantitative estimate of drug-likeness (QED) is 0.0250. The number of rotatable bonds is 20. The number of benzene rings is 12. The molecule has 4 amide bonds. The van der Waals surface area contributed by atoms with Crippen LogP contribution >= 0.6 is 0 Å². The number of aromatic hydroxyl groups is 4. The predicted molar refractivity (Wildman–Crippen MR) is 435 cm³/mol. The van der Waals surface area contributed by atoms with Crippen molar-refractivity contribution in [2.75, 3.05) is 0 Å². The summed E-state index contributed by atoms with van der Waals surface area (Å²) in [5, 5.41) is 60.6. The van der Waals surface area contributed by atoms with Crippen molar-refractivity contribution >= 4 is 92.6 Å². The minimum Gasteiger partial charge on any atom is -0.507 e. The van der Waals surface area contributed by atoms with Gasteiger partial charge in [-0.15, -0.1) is 0 Å².